The fourth-order valence-corrected chi connectivity index (χ4v) is 2.72. The molecule has 0 unspecified atom stereocenters. The molecule has 1 fully saturated rings. The van der Waals surface area contributed by atoms with E-state index in [0.29, 0.717) is 10.6 Å². The van der Waals surface area contributed by atoms with Crippen molar-refractivity contribution in [2.24, 2.45) is 0 Å². The maximum atomic E-state index is 10.6. The van der Waals surface area contributed by atoms with E-state index in [0.717, 1.165) is 6.54 Å². The molecule has 1 aromatic heterocycles. The van der Waals surface area contributed by atoms with E-state index in [1.54, 1.807) is 0 Å². The van der Waals surface area contributed by atoms with Gasteiger partial charge in [-0.3, -0.25) is 0 Å². The molecule has 5 nitrogen and oxygen atoms in total. The van der Waals surface area contributed by atoms with E-state index in [4.69, 9.17) is 5.11 Å². The van der Waals surface area contributed by atoms with Crippen LogP contribution in [0.3, 0.4) is 0 Å². The molecule has 2 N–H and O–H groups in total. The first-order valence-corrected chi connectivity index (χ1v) is 6.72. The van der Waals surface area contributed by atoms with Crippen LogP contribution in [0.15, 0.2) is 12.4 Å². The van der Waals surface area contributed by atoms with Crippen LogP contribution in [-0.4, -0.2) is 38.6 Å². The molecular formula is C11H15N3O2S. The number of hydrogen-bond donors (Lipinski definition) is 2. The van der Waals surface area contributed by atoms with Gasteiger partial charge in [-0.2, -0.15) is 11.8 Å². The molecule has 1 aliphatic rings. The summed E-state index contributed by atoms with van der Waals surface area (Å²) in [4.78, 5) is 18.5. The second-order valence-electron chi connectivity index (χ2n) is 4.19. The monoisotopic (exact) mass is 253 g/mol. The van der Waals surface area contributed by atoms with Crippen molar-refractivity contribution in [3.8, 4) is 0 Å². The van der Waals surface area contributed by atoms with E-state index >= 15 is 0 Å². The number of carboxylic acid groups (broad SMARTS) is 1. The summed E-state index contributed by atoms with van der Waals surface area (Å²) in [6.45, 7) is 0.856. The zero-order valence-corrected chi connectivity index (χ0v) is 10.5. The molecule has 17 heavy (non-hydrogen) atoms. The first-order valence-electron chi connectivity index (χ1n) is 5.50. The SMILES string of the molecule is CSC1(CNc2cnc(C(=O)O)cn2)CCC1. The Balaban J connectivity index is 1.93. The third-order valence-corrected chi connectivity index (χ3v) is 4.58. The predicted molar refractivity (Wildman–Crippen MR) is 67.6 cm³/mol. The topological polar surface area (TPSA) is 75.1 Å². The first-order chi connectivity index (χ1) is 8.15. The van der Waals surface area contributed by atoms with E-state index in [-0.39, 0.29) is 5.69 Å². The van der Waals surface area contributed by atoms with Crippen LogP contribution < -0.4 is 5.32 Å². The average molecular weight is 253 g/mol. The molecule has 0 atom stereocenters. The van der Waals surface area contributed by atoms with Crippen LogP contribution in [0.4, 0.5) is 5.82 Å². The van der Waals surface area contributed by atoms with Gasteiger partial charge >= 0.3 is 5.97 Å². The van der Waals surface area contributed by atoms with Gasteiger partial charge in [-0.05, 0) is 19.1 Å². The summed E-state index contributed by atoms with van der Waals surface area (Å²) < 4.78 is 0.327. The number of nitrogens with one attached hydrogen (secondary N) is 1. The smallest absolute Gasteiger partial charge is 0.356 e. The fourth-order valence-electron chi connectivity index (χ4n) is 1.81. The molecule has 2 rings (SSSR count). The van der Waals surface area contributed by atoms with E-state index in [2.05, 4.69) is 21.5 Å². The van der Waals surface area contributed by atoms with Crippen molar-refractivity contribution in [1.82, 2.24) is 9.97 Å². The molecule has 0 aliphatic heterocycles. The van der Waals surface area contributed by atoms with Crippen molar-refractivity contribution in [2.45, 2.75) is 24.0 Å². The molecule has 6 heteroatoms. The quantitative estimate of drug-likeness (QED) is 0.834. The summed E-state index contributed by atoms with van der Waals surface area (Å²) in [6.07, 6.45) is 8.60. The lowest BCUT2D eigenvalue weighted by Gasteiger charge is -2.40. The Bertz CT molecular complexity index is 398. The van der Waals surface area contributed by atoms with E-state index in [1.807, 2.05) is 11.8 Å². The first kappa shape index (κ1) is 12.2. The van der Waals surface area contributed by atoms with Crippen molar-refractivity contribution >= 4 is 23.5 Å². The minimum Gasteiger partial charge on any atom is -0.476 e. The summed E-state index contributed by atoms with van der Waals surface area (Å²) >= 11 is 1.88. The van der Waals surface area contributed by atoms with Gasteiger partial charge < -0.3 is 10.4 Å². The highest BCUT2D eigenvalue weighted by Crippen LogP contribution is 2.42. The molecular weight excluding hydrogens is 238 g/mol. The third-order valence-electron chi connectivity index (χ3n) is 3.16. The van der Waals surface area contributed by atoms with Gasteiger partial charge in [-0.1, -0.05) is 6.42 Å². The van der Waals surface area contributed by atoms with Gasteiger partial charge in [-0.25, -0.2) is 14.8 Å². The lowest BCUT2D eigenvalue weighted by atomic mass is 9.84. The van der Waals surface area contributed by atoms with Crippen LogP contribution >= 0.6 is 11.8 Å². The second-order valence-corrected chi connectivity index (χ2v) is 5.46. The van der Waals surface area contributed by atoms with Crippen molar-refractivity contribution < 1.29 is 9.90 Å². The molecule has 92 valence electrons. The zero-order chi connectivity index (χ0) is 12.3. The lowest BCUT2D eigenvalue weighted by molar-refractivity contribution is 0.0690. The van der Waals surface area contributed by atoms with Gasteiger partial charge in [0.25, 0.3) is 0 Å². The minimum absolute atomic E-state index is 0.0289. The number of hydrogen-bond acceptors (Lipinski definition) is 5. The lowest BCUT2D eigenvalue weighted by Crippen LogP contribution is -2.40. The molecule has 0 spiro atoms. The molecule has 1 heterocycles. The Labute approximate surface area is 104 Å². The largest absolute Gasteiger partial charge is 0.476 e. The number of carboxylic acids is 1. The van der Waals surface area contributed by atoms with Crippen LogP contribution in [0, 0.1) is 0 Å². The second kappa shape index (κ2) is 4.91. The van der Waals surface area contributed by atoms with E-state index < -0.39 is 5.97 Å². The average Bonchev–Trinajstić information content (AvgIpc) is 2.29. The van der Waals surface area contributed by atoms with Gasteiger partial charge in [0.15, 0.2) is 5.69 Å². The van der Waals surface area contributed by atoms with Gasteiger partial charge in [0.2, 0.25) is 0 Å². The summed E-state index contributed by atoms with van der Waals surface area (Å²) in [5, 5.41) is 11.9. The van der Waals surface area contributed by atoms with Crippen molar-refractivity contribution in [3.05, 3.63) is 18.1 Å². The highest BCUT2D eigenvalue weighted by Gasteiger charge is 2.35. The minimum atomic E-state index is -1.05. The number of rotatable bonds is 5. The molecule has 0 radical (unpaired) electrons. The molecule has 0 aromatic carbocycles. The third kappa shape index (κ3) is 2.69. The highest BCUT2D eigenvalue weighted by atomic mass is 32.2. The van der Waals surface area contributed by atoms with Crippen molar-refractivity contribution in [2.75, 3.05) is 18.1 Å². The predicted octanol–water partition coefficient (Wildman–Crippen LogP) is 1.87. The van der Waals surface area contributed by atoms with Gasteiger partial charge in [0, 0.05) is 11.3 Å². The number of carbonyl (C=O) groups is 1. The molecule has 1 saturated carbocycles. The van der Waals surface area contributed by atoms with Gasteiger partial charge in [0.1, 0.15) is 5.82 Å². The Kier molecular flexibility index (Phi) is 3.51. The summed E-state index contributed by atoms with van der Waals surface area (Å²) in [7, 11) is 0. The summed E-state index contributed by atoms with van der Waals surface area (Å²) in [6, 6.07) is 0. The zero-order valence-electron chi connectivity index (χ0n) is 9.64. The molecule has 1 aliphatic carbocycles. The molecule has 0 bridgehead atoms. The van der Waals surface area contributed by atoms with Crippen LogP contribution in [0.5, 0.6) is 0 Å². The fraction of sp³-hybridized carbons (Fsp3) is 0.545. The number of thioether (sulfide) groups is 1. The van der Waals surface area contributed by atoms with Crippen LogP contribution in [-0.2, 0) is 0 Å². The van der Waals surface area contributed by atoms with Crippen molar-refractivity contribution in [3.63, 3.8) is 0 Å². The maximum absolute atomic E-state index is 10.6. The number of anilines is 1. The van der Waals surface area contributed by atoms with Crippen LogP contribution in [0.2, 0.25) is 0 Å². The van der Waals surface area contributed by atoms with Gasteiger partial charge in [-0.15, -0.1) is 0 Å². The van der Waals surface area contributed by atoms with E-state index in [1.165, 1.54) is 31.7 Å². The van der Waals surface area contributed by atoms with Crippen LogP contribution in [0.1, 0.15) is 29.8 Å². The molecule has 0 amide bonds. The normalized spacial score (nSPS) is 17.2. The maximum Gasteiger partial charge on any atom is 0.356 e. The Morgan fingerprint density at radius 2 is 2.29 bits per heavy atom. The Morgan fingerprint density at radius 3 is 2.71 bits per heavy atom. The number of aromatic carboxylic acids is 1. The Hall–Kier alpha value is -1.30. The molecule has 1 aromatic rings. The standard InChI is InChI=1S/C11H15N3O2S/c1-17-11(3-2-4-11)7-14-9-6-12-8(5-13-9)10(15)16/h5-6H,2-4,7H2,1H3,(H,13,14)(H,15,16). The van der Waals surface area contributed by atoms with Crippen LogP contribution in [0.25, 0.3) is 0 Å². The number of aromatic nitrogens is 2. The van der Waals surface area contributed by atoms with Crippen molar-refractivity contribution in [1.29, 1.82) is 0 Å². The van der Waals surface area contributed by atoms with E-state index in [9.17, 15) is 4.79 Å². The highest BCUT2D eigenvalue weighted by molar-refractivity contribution is 8.00. The summed E-state index contributed by atoms with van der Waals surface area (Å²) in [5.74, 6) is -0.418. The summed E-state index contributed by atoms with van der Waals surface area (Å²) in [5.41, 5.74) is -0.0289. The Morgan fingerprint density at radius 1 is 1.53 bits per heavy atom. The number of nitrogens with zero attached hydrogens (tertiary/aromatic N) is 2. The molecule has 0 saturated heterocycles. The van der Waals surface area contributed by atoms with Gasteiger partial charge in [0.05, 0.1) is 12.4 Å².